The largest absolute Gasteiger partial charge is 0.478 e. The predicted molar refractivity (Wildman–Crippen MR) is 79.3 cm³/mol. The molecule has 2 aromatic carbocycles. The summed E-state index contributed by atoms with van der Waals surface area (Å²) in [7, 11) is 0. The number of benzene rings is 2. The van der Waals surface area contributed by atoms with Crippen LogP contribution in [0.15, 0.2) is 49.1 Å². The van der Waals surface area contributed by atoms with E-state index in [1.165, 1.54) is 6.08 Å². The van der Waals surface area contributed by atoms with E-state index in [-0.39, 0.29) is 12.2 Å². The molecule has 0 atom stereocenters. The first kappa shape index (κ1) is 14.6. The predicted octanol–water partition coefficient (Wildman–Crippen LogP) is 2.95. The number of fused-ring (bicyclic) bond motifs is 1. The fourth-order valence-electron chi connectivity index (χ4n) is 1.90. The summed E-state index contributed by atoms with van der Waals surface area (Å²) in [5, 5.41) is 13.3. The van der Waals surface area contributed by atoms with Gasteiger partial charge in [0.05, 0.1) is 5.56 Å². The fraction of sp³-hybridized carbons (Fsp3) is 0.125. The van der Waals surface area contributed by atoms with E-state index in [1.807, 2.05) is 18.2 Å². The van der Waals surface area contributed by atoms with Gasteiger partial charge in [0.15, 0.2) is 0 Å². The zero-order valence-electron chi connectivity index (χ0n) is 11.3. The Bertz CT molecular complexity index is 694. The molecule has 0 aliphatic heterocycles. The number of nitrogens with one attached hydrogen (secondary N) is 1. The van der Waals surface area contributed by atoms with Crippen LogP contribution in [0, 0.1) is 0 Å². The summed E-state index contributed by atoms with van der Waals surface area (Å²) in [5.74, 6) is -0.951. The Kier molecular flexibility index (Phi) is 4.56. The van der Waals surface area contributed by atoms with Crippen LogP contribution in [0.25, 0.3) is 10.8 Å². The molecule has 108 valence electrons. The van der Waals surface area contributed by atoms with Gasteiger partial charge in [0, 0.05) is 6.54 Å². The maximum Gasteiger partial charge on any atom is 0.407 e. The molecule has 0 heterocycles. The van der Waals surface area contributed by atoms with Gasteiger partial charge in [-0.05, 0) is 34.5 Å². The van der Waals surface area contributed by atoms with Crippen molar-refractivity contribution in [2.75, 3.05) is 6.61 Å². The smallest absolute Gasteiger partial charge is 0.407 e. The number of hydrogen-bond acceptors (Lipinski definition) is 3. The van der Waals surface area contributed by atoms with E-state index in [1.54, 1.807) is 18.2 Å². The quantitative estimate of drug-likeness (QED) is 0.828. The first-order chi connectivity index (χ1) is 10.1. The Labute approximate surface area is 121 Å². The number of carbonyl (C=O) groups is 2. The van der Waals surface area contributed by atoms with Gasteiger partial charge in [-0.2, -0.15) is 0 Å². The standard InChI is InChI=1S/C16H15NO4/c1-2-7-21-16(20)17-10-11-3-4-13-9-14(15(18)19)6-5-12(13)8-11/h2-6,8-9H,1,7,10H2,(H,17,20)(H,18,19). The van der Waals surface area contributed by atoms with Crippen LogP contribution >= 0.6 is 0 Å². The minimum atomic E-state index is -0.951. The maximum absolute atomic E-state index is 11.3. The van der Waals surface area contributed by atoms with Gasteiger partial charge in [0.2, 0.25) is 0 Å². The number of alkyl carbamates (subject to hydrolysis) is 1. The van der Waals surface area contributed by atoms with Gasteiger partial charge in [-0.15, -0.1) is 0 Å². The molecule has 5 heteroatoms. The Morgan fingerprint density at radius 3 is 2.62 bits per heavy atom. The number of amides is 1. The number of carboxylic acid groups (broad SMARTS) is 1. The highest BCUT2D eigenvalue weighted by atomic mass is 16.5. The van der Waals surface area contributed by atoms with Crippen molar-refractivity contribution in [1.82, 2.24) is 5.32 Å². The number of hydrogen-bond donors (Lipinski definition) is 2. The second kappa shape index (κ2) is 6.56. The minimum absolute atomic E-state index is 0.168. The molecule has 0 saturated carbocycles. The van der Waals surface area contributed by atoms with Crippen LogP contribution in [0.3, 0.4) is 0 Å². The highest BCUT2D eigenvalue weighted by Crippen LogP contribution is 2.18. The van der Waals surface area contributed by atoms with Crippen LogP contribution in [-0.2, 0) is 11.3 Å². The molecule has 2 rings (SSSR count). The van der Waals surface area contributed by atoms with E-state index in [0.717, 1.165) is 16.3 Å². The molecule has 0 radical (unpaired) electrons. The average Bonchev–Trinajstić information content (AvgIpc) is 2.50. The van der Waals surface area contributed by atoms with Gasteiger partial charge in [-0.3, -0.25) is 0 Å². The molecular formula is C16H15NO4. The van der Waals surface area contributed by atoms with E-state index in [2.05, 4.69) is 11.9 Å². The van der Waals surface area contributed by atoms with E-state index in [9.17, 15) is 9.59 Å². The second-order valence-electron chi connectivity index (χ2n) is 4.44. The van der Waals surface area contributed by atoms with Crippen molar-refractivity contribution in [3.63, 3.8) is 0 Å². The summed E-state index contributed by atoms with van der Waals surface area (Å²) in [6, 6.07) is 10.5. The molecule has 5 nitrogen and oxygen atoms in total. The molecule has 0 aliphatic carbocycles. The van der Waals surface area contributed by atoms with E-state index >= 15 is 0 Å². The van der Waals surface area contributed by atoms with Crippen LogP contribution in [0.2, 0.25) is 0 Å². The summed E-state index contributed by atoms with van der Waals surface area (Å²) in [4.78, 5) is 22.2. The molecule has 0 aliphatic rings. The Morgan fingerprint density at radius 1 is 1.19 bits per heavy atom. The molecule has 0 unspecified atom stereocenters. The van der Waals surface area contributed by atoms with Gasteiger partial charge < -0.3 is 15.2 Å². The van der Waals surface area contributed by atoms with Gasteiger partial charge in [0.1, 0.15) is 6.61 Å². The minimum Gasteiger partial charge on any atom is -0.478 e. The molecule has 2 aromatic rings. The number of aromatic carboxylic acids is 1. The SMILES string of the molecule is C=CCOC(=O)NCc1ccc2cc(C(=O)O)ccc2c1. The van der Waals surface area contributed by atoms with Crippen molar-refractivity contribution in [2.45, 2.75) is 6.54 Å². The number of ether oxygens (including phenoxy) is 1. The molecular weight excluding hydrogens is 270 g/mol. The first-order valence-corrected chi connectivity index (χ1v) is 6.37. The third kappa shape index (κ3) is 3.82. The van der Waals surface area contributed by atoms with Crippen molar-refractivity contribution in [3.8, 4) is 0 Å². The summed E-state index contributed by atoms with van der Waals surface area (Å²) in [6.07, 6.45) is 0.992. The van der Waals surface area contributed by atoms with Crippen LogP contribution in [-0.4, -0.2) is 23.8 Å². The second-order valence-corrected chi connectivity index (χ2v) is 4.44. The van der Waals surface area contributed by atoms with Gasteiger partial charge >= 0.3 is 12.1 Å². The highest BCUT2D eigenvalue weighted by Gasteiger charge is 2.05. The van der Waals surface area contributed by atoms with Crippen LogP contribution in [0.4, 0.5) is 4.79 Å². The van der Waals surface area contributed by atoms with E-state index in [0.29, 0.717) is 6.54 Å². The number of rotatable bonds is 5. The van der Waals surface area contributed by atoms with Gasteiger partial charge in [-0.1, -0.05) is 30.9 Å². The molecule has 2 N–H and O–H groups in total. The Balaban J connectivity index is 2.09. The number of carbonyl (C=O) groups excluding carboxylic acids is 1. The highest BCUT2D eigenvalue weighted by molar-refractivity contribution is 5.94. The van der Waals surface area contributed by atoms with Crippen LogP contribution in [0.5, 0.6) is 0 Å². The van der Waals surface area contributed by atoms with Crippen molar-refractivity contribution in [1.29, 1.82) is 0 Å². The van der Waals surface area contributed by atoms with Crippen molar-refractivity contribution >= 4 is 22.8 Å². The lowest BCUT2D eigenvalue weighted by Gasteiger charge is -2.07. The van der Waals surface area contributed by atoms with Gasteiger partial charge in [0.25, 0.3) is 0 Å². The Hall–Kier alpha value is -2.82. The molecule has 21 heavy (non-hydrogen) atoms. The normalized spacial score (nSPS) is 10.1. The van der Waals surface area contributed by atoms with Crippen molar-refractivity contribution < 1.29 is 19.4 Å². The van der Waals surface area contributed by atoms with Crippen molar-refractivity contribution in [2.24, 2.45) is 0 Å². The third-order valence-corrected chi connectivity index (χ3v) is 2.92. The van der Waals surface area contributed by atoms with E-state index < -0.39 is 12.1 Å². The monoisotopic (exact) mass is 285 g/mol. The molecule has 0 saturated heterocycles. The molecule has 1 amide bonds. The molecule has 0 bridgehead atoms. The molecule has 0 spiro atoms. The zero-order chi connectivity index (χ0) is 15.2. The summed E-state index contributed by atoms with van der Waals surface area (Å²) in [5.41, 5.74) is 1.16. The van der Waals surface area contributed by atoms with Gasteiger partial charge in [-0.25, -0.2) is 9.59 Å². The zero-order valence-corrected chi connectivity index (χ0v) is 11.3. The summed E-state index contributed by atoms with van der Waals surface area (Å²) >= 11 is 0. The molecule has 0 fully saturated rings. The van der Waals surface area contributed by atoms with E-state index in [4.69, 9.17) is 9.84 Å². The number of carboxylic acids is 1. The lowest BCUT2D eigenvalue weighted by molar-refractivity contribution is 0.0697. The summed E-state index contributed by atoms with van der Waals surface area (Å²) < 4.78 is 4.81. The third-order valence-electron chi connectivity index (χ3n) is 2.92. The average molecular weight is 285 g/mol. The topological polar surface area (TPSA) is 75.6 Å². The summed E-state index contributed by atoms with van der Waals surface area (Å²) in [6.45, 7) is 3.97. The lowest BCUT2D eigenvalue weighted by Crippen LogP contribution is -2.23. The fourth-order valence-corrected chi connectivity index (χ4v) is 1.90. The molecule has 0 aromatic heterocycles. The van der Waals surface area contributed by atoms with Crippen LogP contribution < -0.4 is 5.32 Å². The van der Waals surface area contributed by atoms with Crippen LogP contribution in [0.1, 0.15) is 15.9 Å². The lowest BCUT2D eigenvalue weighted by atomic mass is 10.0. The first-order valence-electron chi connectivity index (χ1n) is 6.37. The maximum atomic E-state index is 11.3. The van der Waals surface area contributed by atoms with Crippen molar-refractivity contribution in [3.05, 3.63) is 60.2 Å². The Morgan fingerprint density at radius 2 is 1.90 bits per heavy atom.